The van der Waals surface area contributed by atoms with Crippen LogP contribution in [0.5, 0.6) is 5.75 Å². The average molecular weight is 300 g/mol. The fourth-order valence-electron chi connectivity index (χ4n) is 2.56. The Labute approximate surface area is 128 Å². The van der Waals surface area contributed by atoms with Crippen molar-refractivity contribution in [2.24, 2.45) is 11.7 Å². The van der Waals surface area contributed by atoms with Crippen molar-refractivity contribution in [1.82, 2.24) is 15.0 Å². The molecule has 0 bridgehead atoms. The zero-order valence-corrected chi connectivity index (χ0v) is 13.0. The van der Waals surface area contributed by atoms with Gasteiger partial charge in [-0.1, -0.05) is 13.8 Å². The summed E-state index contributed by atoms with van der Waals surface area (Å²) in [7, 11) is 1.62. The highest BCUT2D eigenvalue weighted by Gasteiger charge is 2.16. The number of H-pyrrole nitrogens is 1. The quantitative estimate of drug-likeness (QED) is 0.754. The fraction of sp³-hybridized carbons (Fsp3) is 0.375. The van der Waals surface area contributed by atoms with Crippen LogP contribution in [0, 0.1) is 5.92 Å². The molecule has 1 atom stereocenters. The molecule has 0 spiro atoms. The van der Waals surface area contributed by atoms with E-state index in [1.165, 1.54) is 6.39 Å². The first-order valence-corrected chi connectivity index (χ1v) is 7.30. The lowest BCUT2D eigenvalue weighted by Gasteiger charge is -2.10. The molecule has 0 aliphatic rings. The van der Waals surface area contributed by atoms with Gasteiger partial charge in [-0.25, -0.2) is 9.97 Å². The van der Waals surface area contributed by atoms with E-state index in [9.17, 15) is 0 Å². The van der Waals surface area contributed by atoms with Crippen molar-refractivity contribution in [1.29, 1.82) is 0 Å². The molecular formula is C16H20N4O2. The number of benzene rings is 1. The molecule has 1 aromatic carbocycles. The number of aromatic nitrogens is 3. The molecular weight excluding hydrogens is 280 g/mol. The molecule has 22 heavy (non-hydrogen) atoms. The number of nitrogens with one attached hydrogen (secondary N) is 1. The topological polar surface area (TPSA) is 90.0 Å². The molecule has 3 aromatic rings. The van der Waals surface area contributed by atoms with E-state index in [1.807, 2.05) is 12.1 Å². The van der Waals surface area contributed by atoms with Crippen LogP contribution >= 0.6 is 0 Å². The maximum absolute atomic E-state index is 6.21. The Kier molecular flexibility index (Phi) is 3.85. The van der Waals surface area contributed by atoms with Crippen LogP contribution in [0.1, 0.15) is 32.1 Å². The molecule has 0 aliphatic heterocycles. The molecule has 2 heterocycles. The highest BCUT2D eigenvalue weighted by atomic mass is 16.5. The lowest BCUT2D eigenvalue weighted by Crippen LogP contribution is -2.14. The molecule has 0 saturated carbocycles. The van der Waals surface area contributed by atoms with Crippen LogP contribution < -0.4 is 10.5 Å². The summed E-state index contributed by atoms with van der Waals surface area (Å²) >= 11 is 0. The summed E-state index contributed by atoms with van der Waals surface area (Å²) in [6.45, 7) is 4.29. The molecule has 0 fully saturated rings. The van der Waals surface area contributed by atoms with E-state index in [4.69, 9.17) is 14.9 Å². The van der Waals surface area contributed by atoms with Crippen LogP contribution in [0.2, 0.25) is 0 Å². The summed E-state index contributed by atoms with van der Waals surface area (Å²) in [5.74, 6) is 2.66. The number of ether oxygens (including phenoxy) is 1. The predicted molar refractivity (Wildman–Crippen MR) is 84.5 cm³/mol. The fourth-order valence-corrected chi connectivity index (χ4v) is 2.56. The predicted octanol–water partition coefficient (Wildman–Crippen LogP) is 3.27. The normalized spacial score (nSPS) is 13.0. The van der Waals surface area contributed by atoms with Gasteiger partial charge in [0.15, 0.2) is 12.2 Å². The van der Waals surface area contributed by atoms with Gasteiger partial charge in [-0.3, -0.25) is 0 Å². The van der Waals surface area contributed by atoms with Crippen molar-refractivity contribution in [3.8, 4) is 17.1 Å². The van der Waals surface area contributed by atoms with Crippen LogP contribution in [-0.2, 0) is 0 Å². The van der Waals surface area contributed by atoms with Gasteiger partial charge in [0.05, 0.1) is 35.9 Å². The van der Waals surface area contributed by atoms with E-state index in [0.717, 1.165) is 28.8 Å². The zero-order valence-electron chi connectivity index (χ0n) is 13.0. The summed E-state index contributed by atoms with van der Waals surface area (Å²) in [6, 6.07) is 3.73. The highest BCUT2D eigenvalue weighted by molar-refractivity contribution is 5.85. The van der Waals surface area contributed by atoms with Crippen LogP contribution in [0.25, 0.3) is 22.4 Å². The third-order valence-electron chi connectivity index (χ3n) is 3.60. The minimum Gasteiger partial charge on any atom is -0.496 e. The van der Waals surface area contributed by atoms with Crippen LogP contribution in [0.15, 0.2) is 29.1 Å². The van der Waals surface area contributed by atoms with Crippen molar-refractivity contribution in [3.63, 3.8) is 0 Å². The van der Waals surface area contributed by atoms with Crippen LogP contribution in [-0.4, -0.2) is 22.1 Å². The largest absolute Gasteiger partial charge is 0.496 e. The number of nitrogens with two attached hydrogens (primary N) is 1. The molecule has 0 aliphatic carbocycles. The third-order valence-corrected chi connectivity index (χ3v) is 3.60. The van der Waals surface area contributed by atoms with Crippen molar-refractivity contribution < 1.29 is 9.15 Å². The number of hydrogen-bond acceptors (Lipinski definition) is 5. The number of methoxy groups -OCH3 is 1. The lowest BCUT2D eigenvalue weighted by molar-refractivity contribution is 0.415. The van der Waals surface area contributed by atoms with Gasteiger partial charge in [0, 0.05) is 6.07 Å². The summed E-state index contributed by atoms with van der Waals surface area (Å²) in [4.78, 5) is 11.8. The van der Waals surface area contributed by atoms with Gasteiger partial charge in [0.1, 0.15) is 11.6 Å². The van der Waals surface area contributed by atoms with Gasteiger partial charge in [-0.05, 0) is 18.4 Å². The first-order valence-electron chi connectivity index (χ1n) is 7.30. The van der Waals surface area contributed by atoms with Gasteiger partial charge in [0.25, 0.3) is 0 Å². The van der Waals surface area contributed by atoms with Crippen molar-refractivity contribution in [3.05, 3.63) is 30.5 Å². The first-order chi connectivity index (χ1) is 10.6. The summed E-state index contributed by atoms with van der Waals surface area (Å²) in [5.41, 5.74) is 8.78. The van der Waals surface area contributed by atoms with E-state index in [-0.39, 0.29) is 6.04 Å². The summed E-state index contributed by atoms with van der Waals surface area (Å²) in [5, 5.41) is 0. The monoisotopic (exact) mass is 300 g/mol. The number of rotatable bonds is 5. The molecule has 6 heteroatoms. The van der Waals surface area contributed by atoms with E-state index in [0.29, 0.717) is 17.4 Å². The SMILES string of the molecule is COc1cc2nc([C@H](N)CC(C)C)[nH]c2cc1-c1cnco1. The molecule has 6 nitrogen and oxygen atoms in total. The molecule has 0 saturated heterocycles. The number of aromatic amines is 1. The molecule has 0 amide bonds. The van der Waals surface area contributed by atoms with Gasteiger partial charge in [-0.2, -0.15) is 0 Å². The van der Waals surface area contributed by atoms with E-state index in [2.05, 4.69) is 28.8 Å². The Bertz CT molecular complexity index is 762. The minimum absolute atomic E-state index is 0.105. The number of imidazole rings is 1. The number of hydrogen-bond donors (Lipinski definition) is 2. The highest BCUT2D eigenvalue weighted by Crippen LogP contribution is 2.33. The van der Waals surface area contributed by atoms with Gasteiger partial charge in [-0.15, -0.1) is 0 Å². The number of fused-ring (bicyclic) bond motifs is 1. The minimum atomic E-state index is -0.105. The Morgan fingerprint density at radius 1 is 1.36 bits per heavy atom. The van der Waals surface area contributed by atoms with Crippen LogP contribution in [0.3, 0.4) is 0 Å². The van der Waals surface area contributed by atoms with Crippen LogP contribution in [0.4, 0.5) is 0 Å². The van der Waals surface area contributed by atoms with Gasteiger partial charge >= 0.3 is 0 Å². The van der Waals surface area contributed by atoms with Crippen molar-refractivity contribution >= 4 is 11.0 Å². The molecule has 0 radical (unpaired) electrons. The molecule has 116 valence electrons. The van der Waals surface area contributed by atoms with E-state index >= 15 is 0 Å². The molecule has 0 unspecified atom stereocenters. The maximum atomic E-state index is 6.21. The smallest absolute Gasteiger partial charge is 0.181 e. The second-order valence-electron chi connectivity index (χ2n) is 5.79. The Morgan fingerprint density at radius 3 is 2.82 bits per heavy atom. The summed E-state index contributed by atoms with van der Waals surface area (Å²) < 4.78 is 10.8. The third kappa shape index (κ3) is 2.69. The van der Waals surface area contributed by atoms with E-state index < -0.39 is 0 Å². The number of oxazole rings is 1. The lowest BCUT2D eigenvalue weighted by atomic mass is 10.0. The molecule has 3 rings (SSSR count). The Hall–Kier alpha value is -2.34. The standard InChI is InChI=1S/C16H20N4O2/c1-9(2)4-11(17)16-19-12-5-10(15-7-18-8-22-15)14(21-3)6-13(12)20-16/h5-9,11H,4,17H2,1-3H3,(H,19,20)/t11-/m1/s1. The molecule has 3 N–H and O–H groups in total. The Balaban J connectivity index is 2.05. The number of nitrogens with zero attached hydrogens (tertiary/aromatic N) is 2. The van der Waals surface area contributed by atoms with Crippen molar-refractivity contribution in [2.75, 3.05) is 7.11 Å². The average Bonchev–Trinajstić information content (AvgIpc) is 3.13. The Morgan fingerprint density at radius 2 is 2.18 bits per heavy atom. The van der Waals surface area contributed by atoms with E-state index in [1.54, 1.807) is 13.3 Å². The van der Waals surface area contributed by atoms with Gasteiger partial charge in [0.2, 0.25) is 0 Å². The summed E-state index contributed by atoms with van der Waals surface area (Å²) in [6.07, 6.45) is 3.94. The van der Waals surface area contributed by atoms with Crippen molar-refractivity contribution in [2.45, 2.75) is 26.3 Å². The zero-order chi connectivity index (χ0) is 15.7. The first kappa shape index (κ1) is 14.6. The van der Waals surface area contributed by atoms with Gasteiger partial charge < -0.3 is 19.9 Å². The maximum Gasteiger partial charge on any atom is 0.181 e. The molecule has 2 aromatic heterocycles. The second kappa shape index (κ2) is 5.81. The second-order valence-corrected chi connectivity index (χ2v) is 5.79.